The Morgan fingerprint density at radius 3 is 2.56 bits per heavy atom. The predicted octanol–water partition coefficient (Wildman–Crippen LogP) is 3.17. The number of halogens is 1. The van der Waals surface area contributed by atoms with Crippen molar-refractivity contribution in [3.05, 3.63) is 29.8 Å². The molecular formula is C20H35IN4O2. The van der Waals surface area contributed by atoms with Crippen LogP contribution in [0.2, 0.25) is 0 Å². The molecule has 0 aliphatic carbocycles. The molecule has 7 heteroatoms. The zero-order chi connectivity index (χ0) is 18.6. The first kappa shape index (κ1) is 24.0. The van der Waals surface area contributed by atoms with Gasteiger partial charge in [-0.05, 0) is 24.1 Å². The predicted molar refractivity (Wildman–Crippen MR) is 122 cm³/mol. The number of rotatable bonds is 10. The Bertz CT molecular complexity index is 533. The third-order valence-electron chi connectivity index (χ3n) is 4.76. The summed E-state index contributed by atoms with van der Waals surface area (Å²) in [6.07, 6.45) is 4.89. The van der Waals surface area contributed by atoms with Crippen molar-refractivity contribution < 1.29 is 9.47 Å². The molecule has 0 amide bonds. The minimum atomic E-state index is 0. The molecule has 1 fully saturated rings. The Morgan fingerprint density at radius 2 is 1.93 bits per heavy atom. The van der Waals surface area contributed by atoms with Crippen LogP contribution in [0.3, 0.4) is 0 Å². The van der Waals surface area contributed by atoms with Gasteiger partial charge in [0.2, 0.25) is 0 Å². The molecule has 1 saturated heterocycles. The summed E-state index contributed by atoms with van der Waals surface area (Å²) in [5.41, 5.74) is 7.29. The second-order valence-electron chi connectivity index (χ2n) is 6.65. The molecule has 0 spiro atoms. The van der Waals surface area contributed by atoms with E-state index in [1.54, 1.807) is 7.11 Å². The molecule has 1 aliphatic rings. The van der Waals surface area contributed by atoms with E-state index in [0.717, 1.165) is 45.0 Å². The SMILES string of the molecule is CCCCCCNC(N)=NCC(c1ccc(OC)cc1)N1CCOCC1.I. The molecule has 1 atom stereocenters. The number of guanidine groups is 1. The third kappa shape index (κ3) is 8.66. The molecule has 6 nitrogen and oxygen atoms in total. The number of ether oxygens (including phenoxy) is 2. The standard InChI is InChI=1S/C20H34N4O2.HI/c1-3-4-5-6-11-22-20(21)23-16-19(24-12-14-26-15-13-24)17-7-9-18(25-2)10-8-17;/h7-10,19H,3-6,11-16H2,1-2H3,(H3,21,22,23);1H. The van der Waals surface area contributed by atoms with E-state index in [2.05, 4.69) is 34.3 Å². The minimum absolute atomic E-state index is 0. The maximum absolute atomic E-state index is 6.07. The van der Waals surface area contributed by atoms with Crippen LogP contribution >= 0.6 is 24.0 Å². The lowest BCUT2D eigenvalue weighted by Gasteiger charge is -2.34. The van der Waals surface area contributed by atoms with Crippen LogP contribution in [0.15, 0.2) is 29.3 Å². The average molecular weight is 490 g/mol. The monoisotopic (exact) mass is 490 g/mol. The minimum Gasteiger partial charge on any atom is -0.497 e. The van der Waals surface area contributed by atoms with Crippen LogP contribution in [0.5, 0.6) is 5.75 Å². The lowest BCUT2D eigenvalue weighted by atomic mass is 10.0. The molecule has 2 rings (SSSR count). The van der Waals surface area contributed by atoms with E-state index in [0.29, 0.717) is 12.5 Å². The van der Waals surface area contributed by atoms with Gasteiger partial charge in [0, 0.05) is 19.6 Å². The Morgan fingerprint density at radius 1 is 1.22 bits per heavy atom. The lowest BCUT2D eigenvalue weighted by Crippen LogP contribution is -2.41. The van der Waals surface area contributed by atoms with Crippen LogP contribution < -0.4 is 15.8 Å². The molecule has 1 aliphatic heterocycles. The smallest absolute Gasteiger partial charge is 0.188 e. The summed E-state index contributed by atoms with van der Waals surface area (Å²) in [5.74, 6) is 1.40. The normalized spacial score (nSPS) is 16.4. The van der Waals surface area contributed by atoms with Crippen molar-refractivity contribution in [2.45, 2.75) is 38.6 Å². The van der Waals surface area contributed by atoms with Crippen LogP contribution in [0.1, 0.15) is 44.2 Å². The number of hydrogen-bond donors (Lipinski definition) is 2. The van der Waals surface area contributed by atoms with Crippen molar-refractivity contribution in [1.82, 2.24) is 10.2 Å². The fourth-order valence-electron chi connectivity index (χ4n) is 3.16. The fourth-order valence-corrected chi connectivity index (χ4v) is 3.16. The summed E-state index contributed by atoms with van der Waals surface area (Å²) in [4.78, 5) is 7.03. The van der Waals surface area contributed by atoms with E-state index in [1.807, 2.05) is 12.1 Å². The molecule has 0 saturated carbocycles. The van der Waals surface area contributed by atoms with Gasteiger partial charge in [-0.3, -0.25) is 9.89 Å². The highest BCUT2D eigenvalue weighted by atomic mass is 127. The Kier molecular flexibility index (Phi) is 12.4. The number of nitrogens with one attached hydrogen (secondary N) is 1. The van der Waals surface area contributed by atoms with E-state index in [-0.39, 0.29) is 30.0 Å². The van der Waals surface area contributed by atoms with Gasteiger partial charge in [0.15, 0.2) is 5.96 Å². The van der Waals surface area contributed by atoms with Gasteiger partial charge < -0.3 is 20.5 Å². The highest BCUT2D eigenvalue weighted by Crippen LogP contribution is 2.24. The maximum atomic E-state index is 6.07. The van der Waals surface area contributed by atoms with E-state index in [9.17, 15) is 0 Å². The number of benzene rings is 1. The second kappa shape index (κ2) is 14.0. The van der Waals surface area contributed by atoms with E-state index in [1.165, 1.54) is 24.8 Å². The van der Waals surface area contributed by atoms with Gasteiger partial charge in [0.05, 0.1) is 32.9 Å². The summed E-state index contributed by atoms with van der Waals surface area (Å²) in [5, 5.41) is 3.23. The fraction of sp³-hybridized carbons (Fsp3) is 0.650. The number of methoxy groups -OCH3 is 1. The van der Waals surface area contributed by atoms with Crippen molar-refractivity contribution in [3.8, 4) is 5.75 Å². The number of unbranched alkanes of at least 4 members (excludes halogenated alkanes) is 3. The summed E-state index contributed by atoms with van der Waals surface area (Å²) < 4.78 is 10.8. The quantitative estimate of drug-likeness (QED) is 0.228. The van der Waals surface area contributed by atoms with Gasteiger partial charge in [0.25, 0.3) is 0 Å². The van der Waals surface area contributed by atoms with Crippen molar-refractivity contribution in [2.75, 3.05) is 46.5 Å². The van der Waals surface area contributed by atoms with Crippen LogP contribution in [0, 0.1) is 0 Å². The van der Waals surface area contributed by atoms with Crippen molar-refractivity contribution in [1.29, 1.82) is 0 Å². The second-order valence-corrected chi connectivity index (χ2v) is 6.65. The Hall–Kier alpha value is -1.06. The van der Waals surface area contributed by atoms with Crippen LogP contribution in [0.25, 0.3) is 0 Å². The topological polar surface area (TPSA) is 72.1 Å². The molecule has 0 bridgehead atoms. The summed E-state index contributed by atoms with van der Waals surface area (Å²) >= 11 is 0. The van der Waals surface area contributed by atoms with E-state index < -0.39 is 0 Å². The molecule has 1 aromatic rings. The molecule has 154 valence electrons. The summed E-state index contributed by atoms with van der Waals surface area (Å²) in [6, 6.07) is 8.43. The summed E-state index contributed by atoms with van der Waals surface area (Å²) in [7, 11) is 1.69. The van der Waals surface area contributed by atoms with Gasteiger partial charge in [-0.25, -0.2) is 0 Å². The molecule has 1 aromatic carbocycles. The van der Waals surface area contributed by atoms with Gasteiger partial charge in [0.1, 0.15) is 5.75 Å². The third-order valence-corrected chi connectivity index (χ3v) is 4.76. The van der Waals surface area contributed by atoms with Crippen LogP contribution in [-0.2, 0) is 4.74 Å². The van der Waals surface area contributed by atoms with E-state index >= 15 is 0 Å². The maximum Gasteiger partial charge on any atom is 0.188 e. The van der Waals surface area contributed by atoms with Gasteiger partial charge in [-0.15, -0.1) is 24.0 Å². The Labute approximate surface area is 180 Å². The lowest BCUT2D eigenvalue weighted by molar-refractivity contribution is 0.0180. The molecule has 0 aromatic heterocycles. The highest BCUT2D eigenvalue weighted by molar-refractivity contribution is 14.0. The highest BCUT2D eigenvalue weighted by Gasteiger charge is 2.22. The van der Waals surface area contributed by atoms with Crippen LogP contribution in [0.4, 0.5) is 0 Å². The van der Waals surface area contributed by atoms with Crippen LogP contribution in [-0.4, -0.2) is 57.4 Å². The molecule has 1 unspecified atom stereocenters. The van der Waals surface area contributed by atoms with Gasteiger partial charge >= 0.3 is 0 Å². The average Bonchev–Trinajstić information content (AvgIpc) is 2.69. The van der Waals surface area contributed by atoms with Crippen molar-refractivity contribution >= 4 is 29.9 Å². The van der Waals surface area contributed by atoms with Crippen molar-refractivity contribution in [2.24, 2.45) is 10.7 Å². The number of nitrogens with two attached hydrogens (primary N) is 1. The number of hydrogen-bond acceptors (Lipinski definition) is 4. The van der Waals surface area contributed by atoms with Gasteiger partial charge in [-0.2, -0.15) is 0 Å². The molecule has 27 heavy (non-hydrogen) atoms. The first-order valence-corrected chi connectivity index (χ1v) is 9.74. The first-order chi connectivity index (χ1) is 12.7. The zero-order valence-corrected chi connectivity index (χ0v) is 19.0. The van der Waals surface area contributed by atoms with Crippen molar-refractivity contribution in [3.63, 3.8) is 0 Å². The molecule has 0 radical (unpaired) electrons. The molecular weight excluding hydrogens is 455 g/mol. The zero-order valence-electron chi connectivity index (χ0n) is 16.7. The molecule has 3 N–H and O–H groups in total. The molecule has 1 heterocycles. The van der Waals surface area contributed by atoms with Gasteiger partial charge in [-0.1, -0.05) is 38.3 Å². The largest absolute Gasteiger partial charge is 0.497 e. The first-order valence-electron chi connectivity index (χ1n) is 9.74. The van der Waals surface area contributed by atoms with E-state index in [4.69, 9.17) is 15.2 Å². The summed E-state index contributed by atoms with van der Waals surface area (Å²) in [6.45, 7) is 7.10. The number of aliphatic imine (C=N–C) groups is 1. The Balaban J connectivity index is 0.00000364. The number of morpholine rings is 1. The number of nitrogens with zero attached hydrogens (tertiary/aromatic N) is 2.